The number of pyridine rings is 1. The van der Waals surface area contributed by atoms with Crippen LogP contribution in [0.5, 0.6) is 5.75 Å². The number of carbonyl (C=O) groups excluding carboxylic acids is 1. The lowest BCUT2D eigenvalue weighted by Gasteiger charge is -2.35. The Bertz CT molecular complexity index is 843. The molecule has 32 heavy (non-hydrogen) atoms. The van der Waals surface area contributed by atoms with Gasteiger partial charge >= 0.3 is 6.09 Å². The lowest BCUT2D eigenvalue weighted by molar-refractivity contribution is 0.0123. The molecule has 1 aromatic heterocycles. The number of rotatable bonds is 4. The normalized spacial score (nSPS) is 23.6. The molecule has 0 aromatic carbocycles. The van der Waals surface area contributed by atoms with Crippen LogP contribution in [0.2, 0.25) is 0 Å². The zero-order valence-electron chi connectivity index (χ0n) is 19.7. The number of fused-ring (bicyclic) bond motifs is 1. The van der Waals surface area contributed by atoms with Gasteiger partial charge in [0.05, 0.1) is 17.2 Å². The van der Waals surface area contributed by atoms with Crippen molar-refractivity contribution >= 4 is 22.9 Å². The molecule has 4 rings (SSSR count). The van der Waals surface area contributed by atoms with Crippen LogP contribution < -0.4 is 9.64 Å². The Morgan fingerprint density at radius 3 is 2.50 bits per heavy atom. The maximum atomic E-state index is 12.3. The lowest BCUT2D eigenvalue weighted by atomic mass is 9.89. The van der Waals surface area contributed by atoms with Crippen molar-refractivity contribution < 1.29 is 18.5 Å². The molecule has 0 aliphatic carbocycles. The monoisotopic (exact) mass is 464 g/mol. The Balaban J connectivity index is 1.30. The van der Waals surface area contributed by atoms with Crippen LogP contribution in [-0.4, -0.2) is 81.2 Å². The van der Waals surface area contributed by atoms with Gasteiger partial charge in [-0.15, -0.1) is 0 Å². The van der Waals surface area contributed by atoms with Crippen LogP contribution in [-0.2, 0) is 22.1 Å². The molecule has 2 saturated heterocycles. The number of anilines is 1. The van der Waals surface area contributed by atoms with E-state index in [4.69, 9.17) is 9.47 Å². The topological polar surface area (TPSA) is 75.2 Å². The van der Waals surface area contributed by atoms with Crippen LogP contribution in [0.4, 0.5) is 10.6 Å². The molecule has 1 aromatic rings. The number of hydrogen-bond donors (Lipinski definition) is 0. The molecule has 0 spiro atoms. The highest BCUT2D eigenvalue weighted by Gasteiger charge is 2.35. The van der Waals surface area contributed by atoms with Crippen molar-refractivity contribution in [2.45, 2.75) is 58.7 Å². The highest BCUT2D eigenvalue weighted by Crippen LogP contribution is 2.36. The second kappa shape index (κ2) is 9.55. The van der Waals surface area contributed by atoms with Gasteiger partial charge in [-0.2, -0.15) is 0 Å². The van der Waals surface area contributed by atoms with Gasteiger partial charge in [0, 0.05) is 57.0 Å². The molecule has 9 heteroatoms. The first-order chi connectivity index (χ1) is 15.2. The first-order valence-electron chi connectivity index (χ1n) is 11.8. The first-order valence-corrected chi connectivity index (χ1v) is 13.0. The second-order valence-electron chi connectivity index (χ2n) is 9.84. The van der Waals surface area contributed by atoms with E-state index >= 15 is 0 Å². The van der Waals surface area contributed by atoms with Crippen LogP contribution >= 0.6 is 0 Å². The highest BCUT2D eigenvalue weighted by atomic mass is 32.2. The van der Waals surface area contributed by atoms with E-state index in [1.54, 1.807) is 0 Å². The molecule has 3 aliphatic rings. The molecule has 178 valence electrons. The number of hydrogen-bond acceptors (Lipinski definition) is 6. The average molecular weight is 465 g/mol. The fraction of sp³-hybridized carbons (Fsp3) is 0.739. The maximum Gasteiger partial charge on any atom is 0.410 e. The van der Waals surface area contributed by atoms with Crippen LogP contribution in [0.25, 0.3) is 0 Å². The van der Waals surface area contributed by atoms with Crippen molar-refractivity contribution in [2.75, 3.05) is 49.9 Å². The van der Waals surface area contributed by atoms with Gasteiger partial charge in [0.25, 0.3) is 0 Å². The van der Waals surface area contributed by atoms with Gasteiger partial charge < -0.3 is 19.3 Å². The molecule has 0 radical (unpaired) electrons. The third-order valence-electron chi connectivity index (χ3n) is 6.45. The highest BCUT2D eigenvalue weighted by molar-refractivity contribution is 7.82. The number of ether oxygens (including phenoxy) is 2. The maximum absolute atomic E-state index is 12.3. The van der Waals surface area contributed by atoms with E-state index < -0.39 is 16.6 Å². The Hall–Kier alpha value is -1.87. The van der Waals surface area contributed by atoms with E-state index in [0.717, 1.165) is 57.0 Å². The Kier molecular flexibility index (Phi) is 6.95. The van der Waals surface area contributed by atoms with Gasteiger partial charge in [0.2, 0.25) is 0 Å². The summed E-state index contributed by atoms with van der Waals surface area (Å²) < 4.78 is 25.8. The predicted octanol–water partition coefficient (Wildman–Crippen LogP) is 2.84. The molecule has 0 bridgehead atoms. The summed E-state index contributed by atoms with van der Waals surface area (Å²) in [6.07, 6.45) is 4.53. The third kappa shape index (κ3) is 5.36. The van der Waals surface area contributed by atoms with Crippen molar-refractivity contribution in [1.29, 1.82) is 0 Å². The third-order valence-corrected chi connectivity index (χ3v) is 7.88. The van der Waals surface area contributed by atoms with Crippen LogP contribution in [0.1, 0.15) is 46.1 Å². The molecule has 0 N–H and O–H groups in total. The number of nitrogens with zero attached hydrogens (tertiary/aromatic N) is 4. The molecule has 0 saturated carbocycles. The van der Waals surface area contributed by atoms with Crippen molar-refractivity contribution in [3.63, 3.8) is 0 Å². The number of aromatic nitrogens is 1. The molecule has 2 fully saturated rings. The molecule has 3 aliphatic heterocycles. The molecular formula is C23H36N4O4S. The van der Waals surface area contributed by atoms with Gasteiger partial charge in [-0.05, 0) is 45.6 Å². The van der Waals surface area contributed by atoms with E-state index in [1.165, 1.54) is 5.56 Å². The summed E-state index contributed by atoms with van der Waals surface area (Å²) in [5.41, 5.74) is 0.753. The number of amides is 1. The molecule has 2 atom stereocenters. The minimum Gasteiger partial charge on any atom is -0.488 e. The van der Waals surface area contributed by atoms with E-state index in [-0.39, 0.29) is 12.2 Å². The summed E-state index contributed by atoms with van der Waals surface area (Å²) in [6.45, 7) is 12.4. The Morgan fingerprint density at radius 2 is 1.88 bits per heavy atom. The van der Waals surface area contributed by atoms with Crippen molar-refractivity contribution in [3.8, 4) is 5.75 Å². The summed E-state index contributed by atoms with van der Waals surface area (Å²) in [7, 11) is -0.869. The van der Waals surface area contributed by atoms with Crippen LogP contribution in [0, 0.1) is 5.92 Å². The van der Waals surface area contributed by atoms with Crippen molar-refractivity contribution in [3.05, 3.63) is 17.8 Å². The van der Waals surface area contributed by atoms with E-state index in [0.29, 0.717) is 24.8 Å². The van der Waals surface area contributed by atoms with Gasteiger partial charge in [0.15, 0.2) is 0 Å². The minimum atomic E-state index is -0.869. The van der Waals surface area contributed by atoms with Crippen LogP contribution in [0.3, 0.4) is 0 Å². The standard InChI is InChI=1S/C23H36N4O4S/c1-5-32(29)27-12-10-25(11-13-27)21-15-18-14-19(30-20(18)16-24-21)17-6-8-26(9-7-17)22(28)31-23(2,3)4/h15-17,19H,5-14H2,1-4H3. The van der Waals surface area contributed by atoms with E-state index in [9.17, 15) is 9.00 Å². The SMILES string of the molecule is CCS(=O)N1CCN(c2cc3c(cn2)OC(C2CCN(C(=O)OC(C)(C)C)CC2)C3)CC1. The predicted molar refractivity (Wildman–Crippen MR) is 125 cm³/mol. The molecule has 8 nitrogen and oxygen atoms in total. The first kappa shape index (κ1) is 23.3. The fourth-order valence-corrected chi connectivity index (χ4v) is 5.61. The number of piperazine rings is 1. The zero-order chi connectivity index (χ0) is 22.9. The molecular weight excluding hydrogens is 428 g/mol. The molecule has 1 amide bonds. The summed E-state index contributed by atoms with van der Waals surface area (Å²) in [5.74, 6) is 2.97. The average Bonchev–Trinajstić information content (AvgIpc) is 3.21. The summed E-state index contributed by atoms with van der Waals surface area (Å²) in [4.78, 5) is 21.1. The van der Waals surface area contributed by atoms with E-state index in [2.05, 4.69) is 16.0 Å². The summed E-state index contributed by atoms with van der Waals surface area (Å²) >= 11 is 0. The van der Waals surface area contributed by atoms with Crippen molar-refractivity contribution in [1.82, 2.24) is 14.2 Å². The smallest absolute Gasteiger partial charge is 0.410 e. The molecule has 4 heterocycles. The number of carbonyl (C=O) groups is 1. The zero-order valence-corrected chi connectivity index (χ0v) is 20.5. The van der Waals surface area contributed by atoms with Crippen LogP contribution in [0.15, 0.2) is 12.3 Å². The van der Waals surface area contributed by atoms with Gasteiger partial charge in [-0.1, -0.05) is 6.92 Å². The van der Waals surface area contributed by atoms with Gasteiger partial charge in [0.1, 0.15) is 23.3 Å². The second-order valence-corrected chi connectivity index (χ2v) is 11.6. The fourth-order valence-electron chi connectivity index (χ4n) is 4.68. The summed E-state index contributed by atoms with van der Waals surface area (Å²) in [6, 6.07) is 2.16. The Morgan fingerprint density at radius 1 is 1.19 bits per heavy atom. The number of likely N-dealkylation sites (tertiary alicyclic amines) is 1. The number of piperidine rings is 1. The van der Waals surface area contributed by atoms with Crippen molar-refractivity contribution in [2.24, 2.45) is 5.92 Å². The minimum absolute atomic E-state index is 0.145. The van der Waals surface area contributed by atoms with E-state index in [1.807, 2.05) is 43.1 Å². The largest absolute Gasteiger partial charge is 0.488 e. The van der Waals surface area contributed by atoms with Gasteiger partial charge in [-0.3, -0.25) is 0 Å². The Labute approximate surface area is 193 Å². The summed E-state index contributed by atoms with van der Waals surface area (Å²) in [5, 5.41) is 0. The van der Waals surface area contributed by atoms with Gasteiger partial charge in [-0.25, -0.2) is 18.3 Å². The quantitative estimate of drug-likeness (QED) is 0.682. The molecule has 2 unspecified atom stereocenters. The lowest BCUT2D eigenvalue weighted by Crippen LogP contribution is -2.47.